The van der Waals surface area contributed by atoms with Crippen LogP contribution in [0, 0.1) is 10.1 Å². The lowest BCUT2D eigenvalue weighted by molar-refractivity contribution is -0.385. The minimum atomic E-state index is -0.855. The number of fused-ring (bicyclic) bond motifs is 1. The van der Waals surface area contributed by atoms with E-state index in [4.69, 9.17) is 5.11 Å². The fourth-order valence-electron chi connectivity index (χ4n) is 3.72. The number of carbonyl (C=O) groups is 1. The van der Waals surface area contributed by atoms with Crippen LogP contribution in [0.4, 0.5) is 17.3 Å². The van der Waals surface area contributed by atoms with Gasteiger partial charge in [-0.3, -0.25) is 14.9 Å². The summed E-state index contributed by atoms with van der Waals surface area (Å²) in [6.45, 7) is 1.72. The van der Waals surface area contributed by atoms with Gasteiger partial charge in [-0.2, -0.15) is 10.1 Å². The van der Waals surface area contributed by atoms with E-state index in [0.29, 0.717) is 47.1 Å². The van der Waals surface area contributed by atoms with E-state index in [-0.39, 0.29) is 12.3 Å². The molecular weight excluding hydrogens is 412 g/mol. The van der Waals surface area contributed by atoms with Crippen LogP contribution in [-0.2, 0) is 11.2 Å². The number of nitro groups is 1. The molecule has 0 saturated heterocycles. The lowest BCUT2D eigenvalue weighted by Gasteiger charge is -2.28. The molecule has 164 valence electrons. The van der Waals surface area contributed by atoms with Gasteiger partial charge in [0, 0.05) is 30.5 Å². The normalized spacial score (nSPS) is 15.1. The molecule has 1 aromatic heterocycles. The first kappa shape index (κ1) is 21.2. The molecule has 10 heteroatoms. The minimum absolute atomic E-state index is 0.00705. The summed E-state index contributed by atoms with van der Waals surface area (Å²) >= 11 is 0. The fraction of sp³-hybridized carbons (Fsp3) is 0.227. The van der Waals surface area contributed by atoms with E-state index in [9.17, 15) is 14.9 Å². The van der Waals surface area contributed by atoms with E-state index in [2.05, 4.69) is 20.7 Å². The Morgan fingerprint density at radius 3 is 2.66 bits per heavy atom. The van der Waals surface area contributed by atoms with Gasteiger partial charge in [0.2, 0.25) is 5.95 Å². The predicted octanol–water partition coefficient (Wildman–Crippen LogP) is 3.04. The lowest BCUT2D eigenvalue weighted by atomic mass is 9.93. The van der Waals surface area contributed by atoms with Crippen LogP contribution < -0.4 is 10.6 Å². The van der Waals surface area contributed by atoms with Crippen LogP contribution in [0.1, 0.15) is 30.8 Å². The van der Waals surface area contributed by atoms with Gasteiger partial charge in [-0.1, -0.05) is 30.3 Å². The summed E-state index contributed by atoms with van der Waals surface area (Å²) in [6.07, 6.45) is 0.916. The summed E-state index contributed by atoms with van der Waals surface area (Å²) < 4.78 is 1.50. The molecule has 10 nitrogen and oxygen atoms in total. The van der Waals surface area contributed by atoms with Gasteiger partial charge in [0.15, 0.2) is 5.82 Å². The highest BCUT2D eigenvalue weighted by Crippen LogP contribution is 2.39. The Kier molecular flexibility index (Phi) is 5.95. The second-order valence-electron chi connectivity index (χ2n) is 7.33. The number of amides is 1. The summed E-state index contributed by atoms with van der Waals surface area (Å²) in [7, 11) is 0. The average Bonchev–Trinajstić information content (AvgIpc) is 3.19. The van der Waals surface area contributed by atoms with Crippen LogP contribution in [0.3, 0.4) is 0 Å². The van der Waals surface area contributed by atoms with Gasteiger partial charge in [-0.15, -0.1) is 0 Å². The number of nitrogens with zero attached hydrogens (tertiary/aromatic N) is 4. The van der Waals surface area contributed by atoms with Gasteiger partial charge >= 0.3 is 0 Å². The summed E-state index contributed by atoms with van der Waals surface area (Å²) in [4.78, 5) is 29.1. The molecule has 3 N–H and O–H groups in total. The van der Waals surface area contributed by atoms with E-state index in [1.165, 1.54) is 10.7 Å². The van der Waals surface area contributed by atoms with Crippen molar-refractivity contribution in [2.24, 2.45) is 0 Å². The van der Waals surface area contributed by atoms with Gasteiger partial charge in [0.1, 0.15) is 6.04 Å². The van der Waals surface area contributed by atoms with Crippen molar-refractivity contribution in [3.05, 3.63) is 87.4 Å². The van der Waals surface area contributed by atoms with Crippen molar-refractivity contribution in [3.8, 4) is 0 Å². The molecule has 2 heterocycles. The fourth-order valence-corrected chi connectivity index (χ4v) is 3.72. The third-order valence-electron chi connectivity index (χ3n) is 5.16. The number of hydrogen-bond donors (Lipinski definition) is 3. The maximum atomic E-state index is 13.4. The Bertz CT molecular complexity index is 1190. The molecular formula is C22H22N6O4. The largest absolute Gasteiger partial charge is 0.396 e. The van der Waals surface area contributed by atoms with Crippen molar-refractivity contribution in [1.82, 2.24) is 14.8 Å². The number of anilines is 2. The zero-order chi connectivity index (χ0) is 22.7. The monoisotopic (exact) mass is 434 g/mol. The highest BCUT2D eigenvalue weighted by atomic mass is 16.6. The van der Waals surface area contributed by atoms with Gasteiger partial charge in [-0.25, -0.2) is 4.68 Å². The first-order chi connectivity index (χ1) is 15.5. The summed E-state index contributed by atoms with van der Waals surface area (Å²) in [6, 6.07) is 14.4. The van der Waals surface area contributed by atoms with Crippen LogP contribution >= 0.6 is 0 Å². The SMILES string of the molecule is CC1=C(C(=O)Nc2ccccc2)[C@@H](c2ccccc2[N+](=O)[O-])n2nc(CCCO)nc2N1. The van der Waals surface area contributed by atoms with E-state index >= 15 is 0 Å². The van der Waals surface area contributed by atoms with Crippen LogP contribution in [0.25, 0.3) is 0 Å². The summed E-state index contributed by atoms with van der Waals surface area (Å²) in [5.74, 6) is 0.458. The van der Waals surface area contributed by atoms with Crippen LogP contribution in [0.5, 0.6) is 0 Å². The van der Waals surface area contributed by atoms with Gasteiger partial charge < -0.3 is 15.7 Å². The highest BCUT2D eigenvalue weighted by molar-refractivity contribution is 6.06. The average molecular weight is 434 g/mol. The number of allylic oxidation sites excluding steroid dienone is 1. The number of aryl methyl sites for hydroxylation is 1. The van der Waals surface area contributed by atoms with Gasteiger partial charge in [0.25, 0.3) is 11.6 Å². The number of aromatic nitrogens is 3. The van der Waals surface area contributed by atoms with E-state index in [1.54, 1.807) is 49.4 Å². The zero-order valence-corrected chi connectivity index (χ0v) is 17.4. The molecule has 1 atom stereocenters. The van der Waals surface area contributed by atoms with Crippen molar-refractivity contribution in [2.45, 2.75) is 25.8 Å². The third kappa shape index (κ3) is 4.08. The Morgan fingerprint density at radius 1 is 1.22 bits per heavy atom. The van der Waals surface area contributed by atoms with E-state index in [1.807, 2.05) is 6.07 Å². The molecule has 1 aliphatic rings. The van der Waals surface area contributed by atoms with Crippen LogP contribution in [0.2, 0.25) is 0 Å². The molecule has 2 aromatic carbocycles. The topological polar surface area (TPSA) is 135 Å². The number of benzene rings is 2. The molecule has 32 heavy (non-hydrogen) atoms. The molecule has 1 amide bonds. The molecule has 0 bridgehead atoms. The lowest BCUT2D eigenvalue weighted by Crippen LogP contribution is -2.32. The number of carbonyl (C=O) groups excluding carboxylic acids is 1. The number of hydrogen-bond acceptors (Lipinski definition) is 7. The minimum Gasteiger partial charge on any atom is -0.396 e. The van der Waals surface area contributed by atoms with E-state index in [0.717, 1.165) is 0 Å². The molecule has 0 fully saturated rings. The molecule has 4 rings (SSSR count). The Hall–Kier alpha value is -4.05. The number of aliphatic hydroxyl groups is 1. The van der Waals surface area contributed by atoms with Crippen LogP contribution in [-0.4, -0.2) is 37.3 Å². The molecule has 0 unspecified atom stereocenters. The third-order valence-corrected chi connectivity index (χ3v) is 5.16. The van der Waals surface area contributed by atoms with Crippen molar-refractivity contribution < 1.29 is 14.8 Å². The van der Waals surface area contributed by atoms with Gasteiger partial charge in [-0.05, 0) is 31.5 Å². The predicted molar refractivity (Wildman–Crippen MR) is 118 cm³/mol. The molecule has 0 spiro atoms. The molecule has 0 saturated carbocycles. The second kappa shape index (κ2) is 8.98. The molecule has 1 aliphatic heterocycles. The maximum Gasteiger partial charge on any atom is 0.275 e. The Balaban J connectivity index is 1.83. The number of para-hydroxylation sites is 2. The molecule has 0 radical (unpaired) electrons. The summed E-state index contributed by atoms with van der Waals surface area (Å²) in [5, 5.41) is 31.4. The highest BCUT2D eigenvalue weighted by Gasteiger charge is 2.37. The zero-order valence-electron chi connectivity index (χ0n) is 17.4. The van der Waals surface area contributed by atoms with Crippen molar-refractivity contribution in [1.29, 1.82) is 0 Å². The molecule has 3 aromatic rings. The first-order valence-electron chi connectivity index (χ1n) is 10.1. The second-order valence-corrected chi connectivity index (χ2v) is 7.33. The smallest absolute Gasteiger partial charge is 0.275 e. The van der Waals surface area contributed by atoms with Crippen molar-refractivity contribution >= 4 is 23.2 Å². The summed E-state index contributed by atoms with van der Waals surface area (Å²) in [5.41, 5.74) is 1.64. The van der Waals surface area contributed by atoms with Crippen molar-refractivity contribution in [2.75, 3.05) is 17.2 Å². The number of nitro benzene ring substituents is 1. The number of aliphatic hydroxyl groups excluding tert-OH is 1. The number of rotatable bonds is 7. The van der Waals surface area contributed by atoms with Gasteiger partial charge in [0.05, 0.1) is 16.1 Å². The Labute approximate surface area is 183 Å². The van der Waals surface area contributed by atoms with Crippen LogP contribution in [0.15, 0.2) is 65.9 Å². The first-order valence-corrected chi connectivity index (χ1v) is 10.1. The number of nitrogens with one attached hydrogen (secondary N) is 2. The van der Waals surface area contributed by atoms with Crippen molar-refractivity contribution in [3.63, 3.8) is 0 Å². The Morgan fingerprint density at radius 2 is 1.94 bits per heavy atom. The van der Waals surface area contributed by atoms with E-state index < -0.39 is 16.9 Å². The maximum absolute atomic E-state index is 13.4. The quantitative estimate of drug-likeness (QED) is 0.384. The standard InChI is InChI=1S/C22H22N6O4/c1-14-19(21(30)24-15-8-3-2-4-9-15)20(16-10-5-6-11-17(16)28(31)32)27-22(23-14)25-18(26-27)12-7-13-29/h2-6,8-11,20,29H,7,12-13H2,1H3,(H,24,30)(H,23,25,26)/t20-/m1/s1. The molecule has 0 aliphatic carbocycles.